The first-order chi connectivity index (χ1) is 9.04. The van der Waals surface area contributed by atoms with Gasteiger partial charge in [-0.1, -0.05) is 11.6 Å². The topological polar surface area (TPSA) is 81.2 Å². The van der Waals surface area contributed by atoms with Gasteiger partial charge in [0.05, 0.1) is 9.26 Å². The van der Waals surface area contributed by atoms with Crippen molar-refractivity contribution < 1.29 is 4.92 Å². The number of rotatable bonds is 5. The number of hydrogen-bond acceptors (Lipinski definition) is 5. The molecule has 100 valence electrons. The lowest BCUT2D eigenvalue weighted by molar-refractivity contribution is -0.384. The molecule has 1 aromatic carbocycles. The first-order valence-corrected chi connectivity index (χ1v) is 6.77. The van der Waals surface area contributed by atoms with Crippen LogP contribution in [0.25, 0.3) is 0 Å². The monoisotopic (exact) mass is 297 g/mol. The van der Waals surface area contributed by atoms with Gasteiger partial charge in [-0.05, 0) is 24.6 Å². The summed E-state index contributed by atoms with van der Waals surface area (Å²) < 4.78 is 0.759. The van der Waals surface area contributed by atoms with Crippen LogP contribution in [-0.4, -0.2) is 11.5 Å². The van der Waals surface area contributed by atoms with E-state index in [9.17, 15) is 10.1 Å². The molecule has 0 aliphatic carbocycles. The number of non-ortho nitro benzene ring substituents is 1. The van der Waals surface area contributed by atoms with Crippen LogP contribution in [-0.2, 0) is 6.42 Å². The van der Waals surface area contributed by atoms with Crippen LogP contribution in [0.4, 0.5) is 17.1 Å². The van der Waals surface area contributed by atoms with Crippen molar-refractivity contribution in [3.05, 3.63) is 49.7 Å². The van der Waals surface area contributed by atoms with Gasteiger partial charge in [0, 0.05) is 34.9 Å². The fourth-order valence-corrected chi connectivity index (χ4v) is 2.75. The zero-order chi connectivity index (χ0) is 13.8. The maximum Gasteiger partial charge on any atom is 0.273 e. The number of nitrogens with one attached hydrogen (secondary N) is 1. The molecule has 0 bridgehead atoms. The van der Waals surface area contributed by atoms with Gasteiger partial charge in [0.1, 0.15) is 0 Å². The molecular weight excluding hydrogens is 286 g/mol. The van der Waals surface area contributed by atoms with E-state index in [1.165, 1.54) is 23.5 Å². The molecule has 2 aromatic rings. The van der Waals surface area contributed by atoms with Crippen LogP contribution in [0.2, 0.25) is 4.34 Å². The number of hydrogen-bond donors (Lipinski definition) is 2. The van der Waals surface area contributed by atoms with E-state index < -0.39 is 4.92 Å². The van der Waals surface area contributed by atoms with E-state index in [0.29, 0.717) is 17.9 Å². The third-order valence-electron chi connectivity index (χ3n) is 2.48. The van der Waals surface area contributed by atoms with Crippen molar-refractivity contribution in [1.82, 2.24) is 0 Å². The first kappa shape index (κ1) is 13.6. The van der Waals surface area contributed by atoms with E-state index in [4.69, 9.17) is 17.3 Å². The van der Waals surface area contributed by atoms with Gasteiger partial charge in [-0.2, -0.15) is 0 Å². The van der Waals surface area contributed by atoms with Crippen molar-refractivity contribution in [2.75, 3.05) is 17.6 Å². The van der Waals surface area contributed by atoms with Gasteiger partial charge >= 0.3 is 0 Å². The zero-order valence-corrected chi connectivity index (χ0v) is 11.5. The minimum atomic E-state index is -0.458. The van der Waals surface area contributed by atoms with Crippen molar-refractivity contribution in [3.8, 4) is 0 Å². The van der Waals surface area contributed by atoms with Gasteiger partial charge in [0.25, 0.3) is 5.69 Å². The number of benzene rings is 1. The van der Waals surface area contributed by atoms with Gasteiger partial charge in [0.15, 0.2) is 0 Å². The molecule has 5 nitrogen and oxygen atoms in total. The summed E-state index contributed by atoms with van der Waals surface area (Å²) in [5.74, 6) is 0. The molecule has 0 spiro atoms. The molecule has 1 heterocycles. The fraction of sp³-hybridized carbons (Fsp3) is 0.167. The van der Waals surface area contributed by atoms with Crippen molar-refractivity contribution in [2.24, 2.45) is 0 Å². The van der Waals surface area contributed by atoms with Crippen LogP contribution >= 0.6 is 22.9 Å². The Labute approximate surface area is 119 Å². The Kier molecular flexibility index (Phi) is 4.24. The Balaban J connectivity index is 1.97. The lowest BCUT2D eigenvalue weighted by Gasteiger charge is -2.06. The van der Waals surface area contributed by atoms with Crippen molar-refractivity contribution in [2.45, 2.75) is 6.42 Å². The average Bonchev–Trinajstić information content (AvgIpc) is 2.74. The number of nitrogens with zero attached hydrogens (tertiary/aromatic N) is 1. The number of nitrogen functional groups attached to an aromatic ring is 1. The molecule has 19 heavy (non-hydrogen) atoms. The second kappa shape index (κ2) is 5.90. The summed E-state index contributed by atoms with van der Waals surface area (Å²) in [7, 11) is 0. The quantitative estimate of drug-likeness (QED) is 0.502. The van der Waals surface area contributed by atoms with Gasteiger partial charge in [-0.15, -0.1) is 11.3 Å². The van der Waals surface area contributed by atoms with E-state index in [2.05, 4.69) is 5.32 Å². The van der Waals surface area contributed by atoms with Crippen LogP contribution in [0.5, 0.6) is 0 Å². The smallest absolute Gasteiger partial charge is 0.273 e. The summed E-state index contributed by atoms with van der Waals surface area (Å²) in [6.45, 7) is 0.664. The summed E-state index contributed by atoms with van der Waals surface area (Å²) in [5.41, 5.74) is 6.63. The van der Waals surface area contributed by atoms with Crippen molar-refractivity contribution in [1.29, 1.82) is 0 Å². The second-order valence-electron chi connectivity index (χ2n) is 3.95. The number of nitrogens with two attached hydrogens (primary N) is 1. The Morgan fingerprint density at radius 1 is 1.37 bits per heavy atom. The summed E-state index contributed by atoms with van der Waals surface area (Å²) in [4.78, 5) is 11.4. The van der Waals surface area contributed by atoms with E-state index >= 15 is 0 Å². The molecule has 2 rings (SSSR count). The van der Waals surface area contributed by atoms with Crippen LogP contribution in [0.1, 0.15) is 4.88 Å². The molecule has 3 N–H and O–H groups in total. The van der Waals surface area contributed by atoms with Crippen LogP contribution < -0.4 is 11.1 Å². The van der Waals surface area contributed by atoms with Gasteiger partial charge < -0.3 is 11.1 Å². The van der Waals surface area contributed by atoms with E-state index in [-0.39, 0.29) is 5.69 Å². The number of thiophene rings is 1. The number of nitro groups is 1. The van der Waals surface area contributed by atoms with E-state index in [0.717, 1.165) is 15.6 Å². The molecule has 0 saturated carbocycles. The van der Waals surface area contributed by atoms with Crippen LogP contribution in [0.15, 0.2) is 30.3 Å². The highest BCUT2D eigenvalue weighted by Gasteiger charge is 2.08. The molecule has 0 aliphatic heterocycles. The highest BCUT2D eigenvalue weighted by molar-refractivity contribution is 7.16. The molecule has 7 heteroatoms. The minimum Gasteiger partial charge on any atom is -0.398 e. The van der Waals surface area contributed by atoms with E-state index in [1.54, 1.807) is 6.07 Å². The molecule has 0 atom stereocenters. The Hall–Kier alpha value is -1.79. The molecule has 0 unspecified atom stereocenters. The zero-order valence-electron chi connectivity index (χ0n) is 9.93. The molecular formula is C12H12ClN3O2S. The Morgan fingerprint density at radius 2 is 2.16 bits per heavy atom. The maximum atomic E-state index is 10.7. The van der Waals surface area contributed by atoms with Gasteiger partial charge in [0.2, 0.25) is 0 Å². The highest BCUT2D eigenvalue weighted by Crippen LogP contribution is 2.24. The lowest BCUT2D eigenvalue weighted by atomic mass is 10.2. The average molecular weight is 298 g/mol. The predicted octanol–water partition coefficient (Wildman–Crippen LogP) is 3.55. The maximum absolute atomic E-state index is 10.7. The number of anilines is 2. The third-order valence-corrected chi connectivity index (χ3v) is 3.77. The van der Waals surface area contributed by atoms with E-state index in [1.807, 2.05) is 12.1 Å². The second-order valence-corrected chi connectivity index (χ2v) is 5.75. The van der Waals surface area contributed by atoms with Crippen LogP contribution in [0, 0.1) is 10.1 Å². The molecule has 0 fully saturated rings. The summed E-state index contributed by atoms with van der Waals surface area (Å²) in [5, 5.41) is 13.8. The molecule has 1 aromatic heterocycles. The van der Waals surface area contributed by atoms with Crippen LogP contribution in [0.3, 0.4) is 0 Å². The van der Waals surface area contributed by atoms with Crippen molar-refractivity contribution in [3.63, 3.8) is 0 Å². The normalized spacial score (nSPS) is 10.4. The van der Waals surface area contributed by atoms with Crippen molar-refractivity contribution >= 4 is 40.0 Å². The molecule has 0 saturated heterocycles. The summed E-state index contributed by atoms with van der Waals surface area (Å²) >= 11 is 7.37. The summed E-state index contributed by atoms with van der Waals surface area (Å²) in [6.07, 6.45) is 0.806. The van der Waals surface area contributed by atoms with Gasteiger partial charge in [-0.3, -0.25) is 10.1 Å². The van der Waals surface area contributed by atoms with Gasteiger partial charge in [-0.25, -0.2) is 0 Å². The standard InChI is InChI=1S/C12H12ClN3O2S/c13-12-2-1-11(19-12)3-4-15-9-5-8(14)6-10(7-9)16(17)18/h1-2,5-7,15H,3-4,14H2. The number of halogens is 1. The summed E-state index contributed by atoms with van der Waals surface area (Å²) in [6, 6.07) is 8.31. The lowest BCUT2D eigenvalue weighted by Crippen LogP contribution is -2.05. The predicted molar refractivity (Wildman–Crippen MR) is 79.0 cm³/mol. The fourth-order valence-electron chi connectivity index (χ4n) is 1.66. The Morgan fingerprint density at radius 3 is 2.79 bits per heavy atom. The largest absolute Gasteiger partial charge is 0.398 e. The number of nitro benzene ring substituents is 1. The third kappa shape index (κ3) is 3.84. The highest BCUT2D eigenvalue weighted by atomic mass is 35.5. The molecule has 0 aliphatic rings. The molecule has 0 amide bonds. The first-order valence-electron chi connectivity index (χ1n) is 5.57. The SMILES string of the molecule is Nc1cc(NCCc2ccc(Cl)s2)cc([N+](=O)[O-])c1. The Bertz CT molecular complexity index is 600. The molecule has 0 radical (unpaired) electrons. The minimum absolute atomic E-state index is 0.0123.